The number of hydrogen-bond acceptors (Lipinski definition) is 8. The third-order valence-corrected chi connectivity index (χ3v) is 5.11. The van der Waals surface area contributed by atoms with Gasteiger partial charge in [0.15, 0.2) is 0 Å². The summed E-state index contributed by atoms with van der Waals surface area (Å²) in [6.07, 6.45) is 0. The number of esters is 1. The largest absolute Gasteiger partial charge is 0.462 e. The summed E-state index contributed by atoms with van der Waals surface area (Å²) in [7, 11) is 0. The number of carbonyl (C=O) groups excluding carboxylic acids is 2. The molecule has 0 aliphatic carbocycles. The van der Waals surface area contributed by atoms with Crippen molar-refractivity contribution >= 4 is 17.6 Å². The molecule has 0 atom stereocenters. The molecule has 1 aromatic carbocycles. The zero-order valence-electron chi connectivity index (χ0n) is 17.2. The first-order valence-corrected chi connectivity index (χ1v) is 9.70. The van der Waals surface area contributed by atoms with Gasteiger partial charge in [0.1, 0.15) is 5.76 Å². The van der Waals surface area contributed by atoms with E-state index in [-0.39, 0.29) is 29.3 Å². The van der Waals surface area contributed by atoms with E-state index in [1.54, 1.807) is 11.8 Å². The molecule has 1 aliphatic heterocycles. The van der Waals surface area contributed by atoms with Crippen LogP contribution in [-0.2, 0) is 11.3 Å². The van der Waals surface area contributed by atoms with E-state index in [2.05, 4.69) is 10.1 Å². The zero-order chi connectivity index (χ0) is 21.8. The maximum absolute atomic E-state index is 12.9. The van der Waals surface area contributed by atoms with Gasteiger partial charge in [-0.25, -0.2) is 4.79 Å². The number of ether oxygens (including phenoxy) is 1. The van der Waals surface area contributed by atoms with E-state index in [0.717, 1.165) is 23.1 Å². The number of nitro groups is 1. The Bertz CT molecular complexity index is 943. The molecule has 10 nitrogen and oxygen atoms in total. The highest BCUT2D eigenvalue weighted by Gasteiger charge is 2.26. The molecule has 0 saturated carbocycles. The highest BCUT2D eigenvalue weighted by atomic mass is 16.6. The first-order valence-electron chi connectivity index (χ1n) is 9.70. The number of amides is 1. The molecule has 0 unspecified atom stereocenters. The van der Waals surface area contributed by atoms with E-state index >= 15 is 0 Å². The molecular weight excluding hydrogens is 392 g/mol. The summed E-state index contributed by atoms with van der Waals surface area (Å²) in [6, 6.07) is 3.67. The number of rotatable bonds is 6. The summed E-state index contributed by atoms with van der Waals surface area (Å²) in [5.74, 6) is -0.255. The van der Waals surface area contributed by atoms with Crippen LogP contribution >= 0.6 is 0 Å². The van der Waals surface area contributed by atoms with Crippen molar-refractivity contribution in [2.45, 2.75) is 27.3 Å². The van der Waals surface area contributed by atoms with Gasteiger partial charge in [-0.2, -0.15) is 0 Å². The predicted octanol–water partition coefficient (Wildman–Crippen LogP) is 2.33. The van der Waals surface area contributed by atoms with Gasteiger partial charge in [-0.15, -0.1) is 0 Å². The smallest absolute Gasteiger partial charge is 0.338 e. The Morgan fingerprint density at radius 1 is 1.17 bits per heavy atom. The van der Waals surface area contributed by atoms with Crippen molar-refractivity contribution in [1.29, 1.82) is 0 Å². The molecule has 1 fully saturated rings. The van der Waals surface area contributed by atoms with Crippen LogP contribution in [0.15, 0.2) is 22.7 Å². The second kappa shape index (κ2) is 9.04. The number of aromatic nitrogens is 1. The predicted molar refractivity (Wildman–Crippen MR) is 106 cm³/mol. The van der Waals surface area contributed by atoms with E-state index in [4.69, 9.17) is 9.26 Å². The van der Waals surface area contributed by atoms with Crippen LogP contribution in [0, 0.1) is 24.0 Å². The lowest BCUT2D eigenvalue weighted by atomic mass is 10.1. The average molecular weight is 416 g/mol. The minimum atomic E-state index is -0.695. The standard InChI is InChI=1S/C20H24N4O6/c1-4-29-20(26)16-9-15(10-17(11-16)24(27)28)19(25)23-7-5-22(6-8-23)12-18-13(2)21-30-14(18)3/h9-11H,4-8,12H2,1-3H3. The van der Waals surface area contributed by atoms with Crippen molar-refractivity contribution in [3.05, 3.63) is 56.5 Å². The molecule has 0 N–H and O–H groups in total. The van der Waals surface area contributed by atoms with Crippen molar-refractivity contribution in [3.8, 4) is 0 Å². The van der Waals surface area contributed by atoms with E-state index in [9.17, 15) is 19.7 Å². The molecule has 0 bridgehead atoms. The number of aryl methyl sites for hydroxylation is 2. The van der Waals surface area contributed by atoms with Crippen LogP contribution in [-0.4, -0.2) is 64.5 Å². The maximum atomic E-state index is 12.9. The monoisotopic (exact) mass is 416 g/mol. The molecule has 160 valence electrons. The van der Waals surface area contributed by atoms with E-state index < -0.39 is 10.9 Å². The van der Waals surface area contributed by atoms with Gasteiger partial charge in [-0.05, 0) is 26.8 Å². The van der Waals surface area contributed by atoms with Gasteiger partial charge >= 0.3 is 5.97 Å². The number of piperazine rings is 1. The average Bonchev–Trinajstić information content (AvgIpc) is 3.05. The first kappa shape index (κ1) is 21.4. The van der Waals surface area contributed by atoms with Crippen LogP contribution < -0.4 is 0 Å². The van der Waals surface area contributed by atoms with Crippen molar-refractivity contribution < 1.29 is 23.8 Å². The van der Waals surface area contributed by atoms with Crippen LogP contribution in [0.2, 0.25) is 0 Å². The van der Waals surface area contributed by atoms with Gasteiger partial charge in [0.25, 0.3) is 11.6 Å². The summed E-state index contributed by atoms with van der Waals surface area (Å²) in [5, 5.41) is 15.2. The lowest BCUT2D eigenvalue weighted by Gasteiger charge is -2.34. The molecule has 1 aromatic heterocycles. The van der Waals surface area contributed by atoms with Crippen molar-refractivity contribution in [2.75, 3.05) is 32.8 Å². The quantitative estimate of drug-likeness (QED) is 0.400. The fourth-order valence-electron chi connectivity index (χ4n) is 3.42. The van der Waals surface area contributed by atoms with Crippen LogP contribution in [0.1, 0.15) is 44.7 Å². The Morgan fingerprint density at radius 2 is 1.83 bits per heavy atom. The van der Waals surface area contributed by atoms with Crippen LogP contribution in [0.3, 0.4) is 0 Å². The molecule has 2 heterocycles. The second-order valence-electron chi connectivity index (χ2n) is 7.12. The molecule has 1 aliphatic rings. The fraction of sp³-hybridized carbons (Fsp3) is 0.450. The molecule has 2 aromatic rings. The first-order chi connectivity index (χ1) is 14.3. The van der Waals surface area contributed by atoms with Gasteiger partial charge in [-0.1, -0.05) is 5.16 Å². The summed E-state index contributed by atoms with van der Waals surface area (Å²) in [4.78, 5) is 39.4. The van der Waals surface area contributed by atoms with Gasteiger partial charge in [0.2, 0.25) is 0 Å². The van der Waals surface area contributed by atoms with Crippen molar-refractivity contribution in [2.24, 2.45) is 0 Å². The highest BCUT2D eigenvalue weighted by Crippen LogP contribution is 2.21. The molecule has 0 spiro atoms. The number of nitrogens with zero attached hydrogens (tertiary/aromatic N) is 4. The zero-order valence-corrected chi connectivity index (χ0v) is 17.2. The Kier molecular flexibility index (Phi) is 6.46. The Labute approximate surface area is 173 Å². The molecule has 10 heteroatoms. The molecular formula is C20H24N4O6. The SMILES string of the molecule is CCOC(=O)c1cc(C(=O)N2CCN(Cc3c(C)noc3C)CC2)cc([N+](=O)[O-])c1. The number of carbonyl (C=O) groups is 2. The minimum Gasteiger partial charge on any atom is -0.462 e. The normalized spacial score (nSPS) is 14.6. The molecule has 30 heavy (non-hydrogen) atoms. The minimum absolute atomic E-state index is 0.00792. The van der Waals surface area contributed by atoms with Crippen LogP contribution in [0.4, 0.5) is 5.69 Å². The molecule has 0 radical (unpaired) electrons. The third-order valence-electron chi connectivity index (χ3n) is 5.11. The number of nitro benzene ring substituents is 1. The fourth-order valence-corrected chi connectivity index (χ4v) is 3.42. The van der Waals surface area contributed by atoms with E-state index in [1.165, 1.54) is 12.1 Å². The number of hydrogen-bond donors (Lipinski definition) is 0. The molecule has 1 amide bonds. The number of benzene rings is 1. The maximum Gasteiger partial charge on any atom is 0.338 e. The Hall–Kier alpha value is -3.27. The third kappa shape index (κ3) is 4.65. The highest BCUT2D eigenvalue weighted by molar-refractivity contribution is 5.99. The van der Waals surface area contributed by atoms with Crippen LogP contribution in [0.25, 0.3) is 0 Å². The lowest BCUT2D eigenvalue weighted by molar-refractivity contribution is -0.384. The summed E-state index contributed by atoms with van der Waals surface area (Å²) < 4.78 is 10.1. The van der Waals surface area contributed by atoms with E-state index in [0.29, 0.717) is 32.7 Å². The van der Waals surface area contributed by atoms with Crippen molar-refractivity contribution in [1.82, 2.24) is 15.0 Å². The van der Waals surface area contributed by atoms with Gasteiger partial charge in [0, 0.05) is 56.0 Å². The van der Waals surface area contributed by atoms with Crippen LogP contribution in [0.5, 0.6) is 0 Å². The molecule has 3 rings (SSSR count). The topological polar surface area (TPSA) is 119 Å². The van der Waals surface area contributed by atoms with E-state index in [1.807, 2.05) is 13.8 Å². The number of non-ortho nitro benzene ring substituents is 1. The summed E-state index contributed by atoms with van der Waals surface area (Å²) >= 11 is 0. The lowest BCUT2D eigenvalue weighted by Crippen LogP contribution is -2.48. The molecule has 1 saturated heterocycles. The Balaban J connectivity index is 1.71. The Morgan fingerprint density at radius 3 is 2.40 bits per heavy atom. The van der Waals surface area contributed by atoms with Gasteiger partial charge < -0.3 is 14.2 Å². The second-order valence-corrected chi connectivity index (χ2v) is 7.12. The van der Waals surface area contributed by atoms with Crippen molar-refractivity contribution in [3.63, 3.8) is 0 Å². The summed E-state index contributed by atoms with van der Waals surface area (Å²) in [5.41, 5.74) is 1.68. The van der Waals surface area contributed by atoms with Gasteiger partial charge in [0.05, 0.1) is 22.8 Å². The summed E-state index contributed by atoms with van der Waals surface area (Å²) in [6.45, 7) is 8.48. The van der Waals surface area contributed by atoms with Gasteiger partial charge in [-0.3, -0.25) is 19.8 Å².